The molecule has 0 saturated heterocycles. The van der Waals surface area contributed by atoms with Crippen molar-refractivity contribution in [2.45, 2.75) is 18.2 Å². The number of halogens is 1. The van der Waals surface area contributed by atoms with Crippen molar-refractivity contribution in [1.29, 1.82) is 0 Å². The van der Waals surface area contributed by atoms with Gasteiger partial charge in [-0.2, -0.15) is 0 Å². The number of alkyl halides is 1. The van der Waals surface area contributed by atoms with E-state index < -0.39 is 0 Å². The molecule has 1 unspecified atom stereocenters. The molecule has 0 fully saturated rings. The summed E-state index contributed by atoms with van der Waals surface area (Å²) in [6, 6.07) is 6.24. The van der Waals surface area contributed by atoms with Crippen molar-refractivity contribution in [1.82, 2.24) is 0 Å². The highest BCUT2D eigenvalue weighted by molar-refractivity contribution is 9.09. The summed E-state index contributed by atoms with van der Waals surface area (Å²) in [4.78, 5) is 1.59. The standard InChI is InChI=1S/C11H11BrOS/c1-2-9-8(5-6-13-9)11(12)10-4-3-7-14-10/h3-7,11H,2H2,1H3. The molecule has 2 aromatic heterocycles. The average Bonchev–Trinajstić information content (AvgIpc) is 2.87. The van der Waals surface area contributed by atoms with Gasteiger partial charge in [-0.1, -0.05) is 28.9 Å². The minimum atomic E-state index is 0.274. The second kappa shape index (κ2) is 4.32. The van der Waals surface area contributed by atoms with Crippen molar-refractivity contribution in [3.63, 3.8) is 0 Å². The topological polar surface area (TPSA) is 13.1 Å². The van der Waals surface area contributed by atoms with Crippen molar-refractivity contribution < 1.29 is 4.42 Å². The van der Waals surface area contributed by atoms with E-state index >= 15 is 0 Å². The number of hydrogen-bond donors (Lipinski definition) is 0. The third-order valence-corrected chi connectivity index (χ3v) is 4.39. The predicted octanol–water partition coefficient (Wildman–Crippen LogP) is 4.39. The summed E-state index contributed by atoms with van der Waals surface area (Å²) in [7, 11) is 0. The van der Waals surface area contributed by atoms with Gasteiger partial charge in [-0.25, -0.2) is 0 Å². The predicted molar refractivity (Wildman–Crippen MR) is 63.2 cm³/mol. The second-order valence-electron chi connectivity index (χ2n) is 3.03. The third-order valence-electron chi connectivity index (χ3n) is 2.17. The van der Waals surface area contributed by atoms with Crippen LogP contribution < -0.4 is 0 Å². The van der Waals surface area contributed by atoms with Crippen LogP contribution in [0.2, 0.25) is 0 Å². The molecule has 74 valence electrons. The van der Waals surface area contributed by atoms with Crippen LogP contribution in [0.3, 0.4) is 0 Å². The van der Waals surface area contributed by atoms with Crippen LogP contribution >= 0.6 is 27.3 Å². The number of rotatable bonds is 3. The lowest BCUT2D eigenvalue weighted by atomic mass is 10.1. The van der Waals surface area contributed by atoms with Gasteiger partial charge in [0.2, 0.25) is 0 Å². The van der Waals surface area contributed by atoms with Crippen LogP contribution in [0.4, 0.5) is 0 Å². The van der Waals surface area contributed by atoms with E-state index in [0.29, 0.717) is 0 Å². The summed E-state index contributed by atoms with van der Waals surface area (Å²) in [5.74, 6) is 1.07. The van der Waals surface area contributed by atoms with Crippen LogP contribution in [-0.2, 0) is 6.42 Å². The van der Waals surface area contributed by atoms with E-state index in [1.165, 1.54) is 10.4 Å². The molecule has 1 nitrogen and oxygen atoms in total. The van der Waals surface area contributed by atoms with Gasteiger partial charge in [-0.15, -0.1) is 11.3 Å². The maximum atomic E-state index is 5.41. The van der Waals surface area contributed by atoms with Crippen molar-refractivity contribution in [2.75, 3.05) is 0 Å². The molecule has 3 heteroatoms. The molecule has 0 amide bonds. The molecule has 1 atom stereocenters. The molecule has 0 bridgehead atoms. The lowest BCUT2D eigenvalue weighted by molar-refractivity contribution is 0.512. The zero-order chi connectivity index (χ0) is 9.97. The van der Waals surface area contributed by atoms with Gasteiger partial charge in [0, 0.05) is 16.9 Å². The highest BCUT2D eigenvalue weighted by Gasteiger charge is 2.16. The van der Waals surface area contributed by atoms with Crippen LogP contribution in [0.5, 0.6) is 0 Å². The second-order valence-corrected chi connectivity index (χ2v) is 4.93. The van der Waals surface area contributed by atoms with Crippen LogP contribution in [0.15, 0.2) is 34.3 Å². The summed E-state index contributed by atoms with van der Waals surface area (Å²) < 4.78 is 5.41. The molecular weight excluding hydrogens is 260 g/mol. The molecule has 0 spiro atoms. The minimum absolute atomic E-state index is 0.274. The fourth-order valence-electron chi connectivity index (χ4n) is 1.45. The van der Waals surface area contributed by atoms with Gasteiger partial charge >= 0.3 is 0 Å². The molecule has 2 aromatic rings. The Kier molecular flexibility index (Phi) is 3.08. The monoisotopic (exact) mass is 270 g/mol. The Morgan fingerprint density at radius 2 is 2.36 bits per heavy atom. The molecule has 0 aliphatic heterocycles. The maximum Gasteiger partial charge on any atom is 0.108 e. The Hall–Kier alpha value is -0.540. The van der Waals surface area contributed by atoms with E-state index in [0.717, 1.165) is 12.2 Å². The lowest BCUT2D eigenvalue weighted by Gasteiger charge is -2.06. The maximum absolute atomic E-state index is 5.41. The first-order valence-corrected chi connectivity index (χ1v) is 6.36. The number of furan rings is 1. The van der Waals surface area contributed by atoms with Crippen LogP contribution in [0.25, 0.3) is 0 Å². The van der Waals surface area contributed by atoms with Crippen molar-refractivity contribution in [2.24, 2.45) is 0 Å². The van der Waals surface area contributed by atoms with Gasteiger partial charge in [0.15, 0.2) is 0 Å². The van der Waals surface area contributed by atoms with Crippen molar-refractivity contribution in [3.8, 4) is 0 Å². The van der Waals surface area contributed by atoms with Gasteiger partial charge in [-0.3, -0.25) is 0 Å². The van der Waals surface area contributed by atoms with E-state index in [4.69, 9.17) is 4.42 Å². The van der Waals surface area contributed by atoms with E-state index in [1.807, 2.05) is 6.07 Å². The molecule has 0 aliphatic rings. The lowest BCUT2D eigenvalue weighted by Crippen LogP contribution is -1.91. The first kappa shape index (κ1) is 9.99. The average molecular weight is 271 g/mol. The van der Waals surface area contributed by atoms with Crippen LogP contribution in [0, 0.1) is 0 Å². The van der Waals surface area contributed by atoms with E-state index in [1.54, 1.807) is 17.6 Å². The summed E-state index contributed by atoms with van der Waals surface area (Å²) in [5.41, 5.74) is 1.25. The third kappa shape index (κ3) is 1.79. The van der Waals surface area contributed by atoms with Crippen molar-refractivity contribution in [3.05, 3.63) is 46.0 Å². The summed E-state index contributed by atoms with van der Waals surface area (Å²) in [6.07, 6.45) is 2.70. The minimum Gasteiger partial charge on any atom is -0.469 e. The Labute approximate surface area is 95.9 Å². The first-order valence-electron chi connectivity index (χ1n) is 4.56. The molecule has 0 saturated carbocycles. The molecule has 0 N–H and O–H groups in total. The molecule has 0 aliphatic carbocycles. The summed E-state index contributed by atoms with van der Waals surface area (Å²) in [6.45, 7) is 2.11. The highest BCUT2D eigenvalue weighted by atomic mass is 79.9. The molecule has 2 rings (SSSR count). The molecule has 0 radical (unpaired) electrons. The van der Waals surface area contributed by atoms with Gasteiger partial charge in [0.1, 0.15) is 5.76 Å². The number of hydrogen-bond acceptors (Lipinski definition) is 2. The van der Waals surface area contributed by atoms with Gasteiger partial charge in [-0.05, 0) is 17.5 Å². The largest absolute Gasteiger partial charge is 0.469 e. The van der Waals surface area contributed by atoms with Crippen LogP contribution in [0.1, 0.15) is 28.0 Å². The van der Waals surface area contributed by atoms with Crippen molar-refractivity contribution >= 4 is 27.3 Å². The SMILES string of the molecule is CCc1occc1C(Br)c1cccs1. The molecule has 14 heavy (non-hydrogen) atoms. The van der Waals surface area contributed by atoms with E-state index in [9.17, 15) is 0 Å². The Bertz CT molecular complexity index is 391. The normalized spacial score (nSPS) is 13.0. The zero-order valence-electron chi connectivity index (χ0n) is 7.87. The molecule has 2 heterocycles. The fraction of sp³-hybridized carbons (Fsp3) is 0.273. The molecular formula is C11H11BrOS. The Balaban J connectivity index is 2.31. The number of thiophene rings is 1. The Morgan fingerprint density at radius 3 is 3.00 bits per heavy atom. The smallest absolute Gasteiger partial charge is 0.108 e. The first-order chi connectivity index (χ1) is 6.83. The van der Waals surface area contributed by atoms with E-state index in [2.05, 4.69) is 40.4 Å². The summed E-state index contributed by atoms with van der Waals surface area (Å²) in [5, 5.41) is 2.09. The van der Waals surface area contributed by atoms with Crippen LogP contribution in [-0.4, -0.2) is 0 Å². The Morgan fingerprint density at radius 1 is 1.50 bits per heavy atom. The highest BCUT2D eigenvalue weighted by Crippen LogP contribution is 2.36. The number of aryl methyl sites for hydroxylation is 1. The van der Waals surface area contributed by atoms with Gasteiger partial charge < -0.3 is 4.42 Å². The van der Waals surface area contributed by atoms with E-state index in [-0.39, 0.29) is 4.83 Å². The zero-order valence-corrected chi connectivity index (χ0v) is 10.3. The van der Waals surface area contributed by atoms with Gasteiger partial charge in [0.25, 0.3) is 0 Å². The summed E-state index contributed by atoms with van der Waals surface area (Å²) >= 11 is 5.45. The quantitative estimate of drug-likeness (QED) is 0.755. The fourth-order valence-corrected chi connectivity index (χ4v) is 3.05. The molecule has 0 aromatic carbocycles. The van der Waals surface area contributed by atoms with Gasteiger partial charge in [0.05, 0.1) is 11.1 Å².